The monoisotopic (exact) mass is 248 g/mol. The summed E-state index contributed by atoms with van der Waals surface area (Å²) in [7, 11) is 0. The number of hydrogen-bond donors (Lipinski definition) is 3. The molecule has 1 aliphatic rings. The number of nitrogens with one attached hydrogen (secondary N) is 2. The average molecular weight is 248 g/mol. The molecule has 1 amide bonds. The number of amides is 1. The van der Waals surface area contributed by atoms with Crippen LogP contribution in [0.25, 0.3) is 0 Å². The van der Waals surface area contributed by atoms with Crippen molar-refractivity contribution in [3.63, 3.8) is 0 Å². The maximum atomic E-state index is 11.8. The third-order valence-electron chi connectivity index (χ3n) is 3.44. The Kier molecular flexibility index (Phi) is 3.87. The zero-order valence-electron chi connectivity index (χ0n) is 10.7. The van der Waals surface area contributed by atoms with Crippen LogP contribution in [0.3, 0.4) is 0 Å². The lowest BCUT2D eigenvalue weighted by molar-refractivity contribution is -0.120. The molecule has 98 valence electrons. The molecule has 1 aromatic carbocycles. The zero-order chi connectivity index (χ0) is 13.0. The standard InChI is InChI=1S/C14H20N2O2/c1-14(5-6-15-9-14)10-16-13(18)8-11-3-2-4-12(17)7-11/h2-4,7,15,17H,5-6,8-10H2,1H3,(H,16,18). The summed E-state index contributed by atoms with van der Waals surface area (Å²) in [5.74, 6) is 0.209. The smallest absolute Gasteiger partial charge is 0.224 e. The van der Waals surface area contributed by atoms with E-state index in [2.05, 4.69) is 17.6 Å². The number of aromatic hydroxyl groups is 1. The van der Waals surface area contributed by atoms with Gasteiger partial charge in [0.2, 0.25) is 5.91 Å². The van der Waals surface area contributed by atoms with Crippen molar-refractivity contribution in [2.45, 2.75) is 19.8 Å². The van der Waals surface area contributed by atoms with Gasteiger partial charge in [-0.25, -0.2) is 0 Å². The van der Waals surface area contributed by atoms with E-state index in [9.17, 15) is 9.90 Å². The van der Waals surface area contributed by atoms with Crippen LogP contribution >= 0.6 is 0 Å². The Bertz CT molecular complexity index is 426. The van der Waals surface area contributed by atoms with Gasteiger partial charge in [-0.15, -0.1) is 0 Å². The topological polar surface area (TPSA) is 61.4 Å². The summed E-state index contributed by atoms with van der Waals surface area (Å²) in [4.78, 5) is 11.8. The summed E-state index contributed by atoms with van der Waals surface area (Å²) in [5.41, 5.74) is 1.01. The van der Waals surface area contributed by atoms with Gasteiger partial charge < -0.3 is 15.7 Å². The Morgan fingerprint density at radius 2 is 2.39 bits per heavy atom. The van der Waals surface area contributed by atoms with Crippen molar-refractivity contribution >= 4 is 5.91 Å². The van der Waals surface area contributed by atoms with Crippen LogP contribution in [0.1, 0.15) is 18.9 Å². The molecule has 3 N–H and O–H groups in total. The Balaban J connectivity index is 1.82. The molecule has 0 aliphatic carbocycles. The van der Waals surface area contributed by atoms with Crippen LogP contribution in [0.15, 0.2) is 24.3 Å². The summed E-state index contributed by atoms with van der Waals surface area (Å²) in [6, 6.07) is 6.82. The molecule has 1 aromatic rings. The van der Waals surface area contributed by atoms with Gasteiger partial charge in [-0.05, 0) is 36.1 Å². The van der Waals surface area contributed by atoms with Gasteiger partial charge in [-0.3, -0.25) is 4.79 Å². The highest BCUT2D eigenvalue weighted by atomic mass is 16.3. The lowest BCUT2D eigenvalue weighted by Crippen LogP contribution is -2.37. The van der Waals surface area contributed by atoms with Crippen LogP contribution in [-0.4, -0.2) is 30.6 Å². The van der Waals surface area contributed by atoms with E-state index >= 15 is 0 Å². The number of carbonyl (C=O) groups excluding carboxylic acids is 1. The maximum Gasteiger partial charge on any atom is 0.224 e. The third-order valence-corrected chi connectivity index (χ3v) is 3.44. The quantitative estimate of drug-likeness (QED) is 0.746. The van der Waals surface area contributed by atoms with Crippen LogP contribution in [0, 0.1) is 5.41 Å². The number of carbonyl (C=O) groups is 1. The number of rotatable bonds is 4. The predicted molar refractivity (Wildman–Crippen MR) is 70.4 cm³/mol. The van der Waals surface area contributed by atoms with Crippen molar-refractivity contribution in [1.29, 1.82) is 0 Å². The average Bonchev–Trinajstić information content (AvgIpc) is 2.74. The van der Waals surface area contributed by atoms with Crippen molar-refractivity contribution in [3.05, 3.63) is 29.8 Å². The first-order valence-electron chi connectivity index (χ1n) is 6.33. The van der Waals surface area contributed by atoms with Gasteiger partial charge in [-0.1, -0.05) is 19.1 Å². The zero-order valence-corrected chi connectivity index (χ0v) is 10.7. The number of hydrogen-bond acceptors (Lipinski definition) is 3. The second-order valence-corrected chi connectivity index (χ2v) is 5.36. The molecule has 2 rings (SSSR count). The first-order valence-corrected chi connectivity index (χ1v) is 6.33. The van der Waals surface area contributed by atoms with Crippen LogP contribution in [0.5, 0.6) is 5.75 Å². The molecule has 4 nitrogen and oxygen atoms in total. The molecule has 1 fully saturated rings. The van der Waals surface area contributed by atoms with Crippen molar-refractivity contribution < 1.29 is 9.90 Å². The number of phenols is 1. The van der Waals surface area contributed by atoms with E-state index in [-0.39, 0.29) is 17.1 Å². The minimum absolute atomic E-state index is 0.00808. The molecule has 1 saturated heterocycles. The van der Waals surface area contributed by atoms with E-state index in [0.717, 1.165) is 25.1 Å². The molecule has 0 saturated carbocycles. The lowest BCUT2D eigenvalue weighted by Gasteiger charge is -2.22. The molecule has 1 unspecified atom stereocenters. The molecular formula is C14H20N2O2. The SMILES string of the molecule is CC1(CNC(=O)Cc2cccc(O)c2)CCNC1. The Morgan fingerprint density at radius 1 is 1.56 bits per heavy atom. The number of benzene rings is 1. The molecule has 1 heterocycles. The minimum atomic E-state index is 0.00808. The maximum absolute atomic E-state index is 11.8. The summed E-state index contributed by atoms with van der Waals surface area (Å²) in [5, 5.41) is 15.6. The normalized spacial score (nSPS) is 22.9. The lowest BCUT2D eigenvalue weighted by atomic mass is 9.90. The first kappa shape index (κ1) is 12.9. The van der Waals surface area contributed by atoms with E-state index in [0.29, 0.717) is 13.0 Å². The van der Waals surface area contributed by atoms with Gasteiger partial charge in [0.1, 0.15) is 5.75 Å². The Hall–Kier alpha value is -1.55. The highest BCUT2D eigenvalue weighted by molar-refractivity contribution is 5.78. The molecule has 4 heteroatoms. The molecule has 0 aromatic heterocycles. The second-order valence-electron chi connectivity index (χ2n) is 5.36. The minimum Gasteiger partial charge on any atom is -0.508 e. The van der Waals surface area contributed by atoms with E-state index in [4.69, 9.17) is 0 Å². The van der Waals surface area contributed by atoms with E-state index in [1.54, 1.807) is 18.2 Å². The van der Waals surface area contributed by atoms with Gasteiger partial charge in [0.25, 0.3) is 0 Å². The van der Waals surface area contributed by atoms with E-state index in [1.807, 2.05) is 6.07 Å². The Morgan fingerprint density at radius 3 is 3.06 bits per heavy atom. The fraction of sp³-hybridized carbons (Fsp3) is 0.500. The summed E-state index contributed by atoms with van der Waals surface area (Å²) in [6.07, 6.45) is 1.41. The van der Waals surface area contributed by atoms with Crippen molar-refractivity contribution in [3.8, 4) is 5.75 Å². The summed E-state index contributed by atoms with van der Waals surface area (Å²) >= 11 is 0. The number of phenolic OH excluding ortho intramolecular Hbond substituents is 1. The van der Waals surface area contributed by atoms with Crippen LogP contribution in [-0.2, 0) is 11.2 Å². The summed E-state index contributed by atoms with van der Waals surface area (Å²) < 4.78 is 0. The van der Waals surface area contributed by atoms with Crippen LogP contribution < -0.4 is 10.6 Å². The fourth-order valence-corrected chi connectivity index (χ4v) is 2.25. The highest BCUT2D eigenvalue weighted by Gasteiger charge is 2.28. The van der Waals surface area contributed by atoms with Crippen molar-refractivity contribution in [1.82, 2.24) is 10.6 Å². The largest absolute Gasteiger partial charge is 0.508 e. The van der Waals surface area contributed by atoms with Crippen LogP contribution in [0.4, 0.5) is 0 Å². The van der Waals surface area contributed by atoms with Crippen molar-refractivity contribution in [2.24, 2.45) is 5.41 Å². The Labute approximate surface area is 107 Å². The third kappa shape index (κ3) is 3.47. The van der Waals surface area contributed by atoms with Gasteiger partial charge in [0.05, 0.1) is 6.42 Å². The van der Waals surface area contributed by atoms with Gasteiger partial charge in [0, 0.05) is 13.1 Å². The predicted octanol–water partition coefficient (Wildman–Crippen LogP) is 1.05. The second kappa shape index (κ2) is 5.40. The van der Waals surface area contributed by atoms with Gasteiger partial charge in [0.15, 0.2) is 0 Å². The molecular weight excluding hydrogens is 228 g/mol. The van der Waals surface area contributed by atoms with E-state index in [1.165, 1.54) is 0 Å². The van der Waals surface area contributed by atoms with Crippen LogP contribution in [0.2, 0.25) is 0 Å². The van der Waals surface area contributed by atoms with Gasteiger partial charge in [-0.2, -0.15) is 0 Å². The van der Waals surface area contributed by atoms with Gasteiger partial charge >= 0.3 is 0 Å². The van der Waals surface area contributed by atoms with E-state index < -0.39 is 0 Å². The summed E-state index contributed by atoms with van der Waals surface area (Å²) in [6.45, 7) is 4.87. The fourth-order valence-electron chi connectivity index (χ4n) is 2.25. The molecule has 1 atom stereocenters. The molecule has 18 heavy (non-hydrogen) atoms. The highest BCUT2D eigenvalue weighted by Crippen LogP contribution is 2.23. The molecule has 0 radical (unpaired) electrons. The molecule has 0 spiro atoms. The van der Waals surface area contributed by atoms with Crippen molar-refractivity contribution in [2.75, 3.05) is 19.6 Å². The molecule has 0 bridgehead atoms. The first-order chi connectivity index (χ1) is 8.57. The molecule has 1 aliphatic heterocycles.